The zero-order chi connectivity index (χ0) is 14.4. The zero-order valence-electron chi connectivity index (χ0n) is 12.6. The second-order valence-electron chi connectivity index (χ2n) is 5.69. The van der Waals surface area contributed by atoms with Crippen molar-refractivity contribution in [3.63, 3.8) is 0 Å². The molecule has 2 rings (SSSR count). The number of likely N-dealkylation sites (tertiary alicyclic amines) is 1. The van der Waals surface area contributed by atoms with Crippen molar-refractivity contribution in [1.29, 1.82) is 0 Å². The van der Waals surface area contributed by atoms with Gasteiger partial charge in [0.15, 0.2) is 0 Å². The summed E-state index contributed by atoms with van der Waals surface area (Å²) in [5, 5.41) is 10.3. The van der Waals surface area contributed by atoms with Crippen LogP contribution in [-0.4, -0.2) is 55.2 Å². The molecule has 4 nitrogen and oxygen atoms in total. The largest absolute Gasteiger partial charge is 0.494 e. The van der Waals surface area contributed by atoms with E-state index in [1.54, 1.807) is 0 Å². The third kappa shape index (κ3) is 4.47. The van der Waals surface area contributed by atoms with Crippen molar-refractivity contribution in [2.75, 3.05) is 40.3 Å². The van der Waals surface area contributed by atoms with Crippen LogP contribution in [0.25, 0.3) is 0 Å². The first-order valence-corrected chi connectivity index (χ1v) is 7.46. The molecule has 4 heteroatoms. The Kier molecular flexibility index (Phi) is 5.83. The number of hydrogen-bond donors (Lipinski definition) is 1. The maximum absolute atomic E-state index is 10.3. The predicted octanol–water partition coefficient (Wildman–Crippen LogP) is 2.10. The molecule has 1 N–H and O–H groups in total. The highest BCUT2D eigenvalue weighted by atomic mass is 16.5. The molecule has 1 aliphatic heterocycles. The van der Waals surface area contributed by atoms with Gasteiger partial charge in [-0.25, -0.2) is 0 Å². The molecule has 1 atom stereocenters. The van der Waals surface area contributed by atoms with Crippen LogP contribution in [0.3, 0.4) is 0 Å². The molecular weight excluding hydrogens is 252 g/mol. The molecule has 1 unspecified atom stereocenters. The molecule has 1 saturated heterocycles. The highest BCUT2D eigenvalue weighted by Gasteiger charge is 2.20. The van der Waals surface area contributed by atoms with Crippen LogP contribution in [0.15, 0.2) is 24.3 Å². The van der Waals surface area contributed by atoms with E-state index in [9.17, 15) is 5.11 Å². The number of rotatable bonds is 7. The Bertz CT molecular complexity index is 386. The monoisotopic (exact) mass is 278 g/mol. The summed E-state index contributed by atoms with van der Waals surface area (Å²) in [6.07, 6.45) is 2.92. The van der Waals surface area contributed by atoms with Gasteiger partial charge in [0, 0.05) is 19.6 Å². The van der Waals surface area contributed by atoms with Crippen molar-refractivity contribution < 1.29 is 9.84 Å². The first kappa shape index (κ1) is 15.3. The molecule has 1 aliphatic rings. The Morgan fingerprint density at radius 2 is 1.85 bits per heavy atom. The summed E-state index contributed by atoms with van der Waals surface area (Å²) in [4.78, 5) is 4.27. The Labute approximate surface area is 122 Å². The number of nitrogens with zero attached hydrogens (tertiary/aromatic N) is 2. The lowest BCUT2D eigenvalue weighted by atomic mass is 10.2. The Morgan fingerprint density at radius 1 is 1.20 bits per heavy atom. The van der Waals surface area contributed by atoms with E-state index in [0.29, 0.717) is 0 Å². The molecule has 0 amide bonds. The summed E-state index contributed by atoms with van der Waals surface area (Å²) in [7, 11) is 4.13. The highest BCUT2D eigenvalue weighted by molar-refractivity contribution is 5.28. The fourth-order valence-corrected chi connectivity index (χ4v) is 2.50. The molecular formula is C16H26N2O2. The smallest absolute Gasteiger partial charge is 0.133 e. The van der Waals surface area contributed by atoms with Crippen LogP contribution in [0, 0.1) is 0 Å². The normalized spacial score (nSPS) is 17.6. The molecule has 0 aromatic heterocycles. The van der Waals surface area contributed by atoms with Crippen LogP contribution in [0.2, 0.25) is 0 Å². The average Bonchev–Trinajstić information content (AvgIpc) is 2.97. The van der Waals surface area contributed by atoms with E-state index in [1.165, 1.54) is 12.8 Å². The van der Waals surface area contributed by atoms with Gasteiger partial charge in [0.05, 0.1) is 6.61 Å². The van der Waals surface area contributed by atoms with Gasteiger partial charge >= 0.3 is 0 Å². The number of benzene rings is 1. The SMILES string of the molecule is CN(C)CCCOc1ccc(C(O)N2CCCC2)cc1. The van der Waals surface area contributed by atoms with Gasteiger partial charge in [-0.1, -0.05) is 12.1 Å². The van der Waals surface area contributed by atoms with E-state index in [4.69, 9.17) is 4.74 Å². The topological polar surface area (TPSA) is 35.9 Å². The van der Waals surface area contributed by atoms with E-state index >= 15 is 0 Å². The summed E-state index contributed by atoms with van der Waals surface area (Å²) in [5.41, 5.74) is 0.951. The van der Waals surface area contributed by atoms with Gasteiger partial charge in [-0.15, -0.1) is 0 Å². The minimum atomic E-state index is -0.472. The minimum Gasteiger partial charge on any atom is -0.494 e. The fraction of sp³-hybridized carbons (Fsp3) is 0.625. The maximum Gasteiger partial charge on any atom is 0.133 e. The van der Waals surface area contributed by atoms with E-state index < -0.39 is 6.23 Å². The van der Waals surface area contributed by atoms with E-state index in [-0.39, 0.29) is 0 Å². The molecule has 0 radical (unpaired) electrons. The molecule has 0 saturated carbocycles. The Hall–Kier alpha value is -1.10. The first-order chi connectivity index (χ1) is 9.66. The number of aliphatic hydroxyl groups excluding tert-OH is 1. The second-order valence-corrected chi connectivity index (χ2v) is 5.69. The standard InChI is InChI=1S/C16H26N2O2/c1-17(2)10-5-13-20-15-8-6-14(7-9-15)16(19)18-11-3-4-12-18/h6-9,16,19H,3-5,10-13H2,1-2H3. The highest BCUT2D eigenvalue weighted by Crippen LogP contribution is 2.24. The number of hydrogen-bond acceptors (Lipinski definition) is 4. The number of aliphatic hydroxyl groups is 1. The van der Waals surface area contributed by atoms with E-state index in [2.05, 4.69) is 23.9 Å². The van der Waals surface area contributed by atoms with Crippen LogP contribution < -0.4 is 4.74 Å². The van der Waals surface area contributed by atoms with Crippen molar-refractivity contribution >= 4 is 0 Å². The van der Waals surface area contributed by atoms with E-state index in [1.807, 2.05) is 24.3 Å². The summed E-state index contributed by atoms with van der Waals surface area (Å²) < 4.78 is 5.69. The zero-order valence-corrected chi connectivity index (χ0v) is 12.6. The molecule has 0 spiro atoms. The van der Waals surface area contributed by atoms with Crippen molar-refractivity contribution in [3.05, 3.63) is 29.8 Å². The van der Waals surface area contributed by atoms with Gasteiger partial charge in [0.25, 0.3) is 0 Å². The van der Waals surface area contributed by atoms with Gasteiger partial charge in [-0.3, -0.25) is 4.90 Å². The minimum absolute atomic E-state index is 0.472. The third-order valence-electron chi connectivity index (χ3n) is 3.68. The summed E-state index contributed by atoms with van der Waals surface area (Å²) in [6.45, 7) is 3.74. The van der Waals surface area contributed by atoms with Crippen molar-refractivity contribution in [2.24, 2.45) is 0 Å². The summed E-state index contributed by atoms with van der Waals surface area (Å²) in [6, 6.07) is 7.82. The van der Waals surface area contributed by atoms with Gasteiger partial charge in [-0.05, 0) is 51.1 Å². The van der Waals surface area contributed by atoms with Crippen LogP contribution in [0.1, 0.15) is 31.1 Å². The molecule has 20 heavy (non-hydrogen) atoms. The van der Waals surface area contributed by atoms with Gasteiger partial charge in [-0.2, -0.15) is 0 Å². The quantitative estimate of drug-likeness (QED) is 0.775. The van der Waals surface area contributed by atoms with Crippen molar-refractivity contribution in [2.45, 2.75) is 25.5 Å². The summed E-state index contributed by atoms with van der Waals surface area (Å²) >= 11 is 0. The second kappa shape index (κ2) is 7.62. The molecule has 1 aromatic rings. The van der Waals surface area contributed by atoms with Crippen LogP contribution in [0.5, 0.6) is 5.75 Å². The maximum atomic E-state index is 10.3. The van der Waals surface area contributed by atoms with Gasteiger partial charge in [0.2, 0.25) is 0 Å². The molecule has 112 valence electrons. The lowest BCUT2D eigenvalue weighted by molar-refractivity contribution is 0.0190. The molecule has 0 aliphatic carbocycles. The fourth-order valence-electron chi connectivity index (χ4n) is 2.50. The van der Waals surface area contributed by atoms with Crippen LogP contribution in [-0.2, 0) is 0 Å². The summed E-state index contributed by atoms with van der Waals surface area (Å²) in [5.74, 6) is 0.876. The molecule has 0 bridgehead atoms. The average molecular weight is 278 g/mol. The molecule has 1 aromatic carbocycles. The third-order valence-corrected chi connectivity index (χ3v) is 3.68. The first-order valence-electron chi connectivity index (χ1n) is 7.46. The molecule has 1 heterocycles. The van der Waals surface area contributed by atoms with Gasteiger partial charge < -0.3 is 14.7 Å². The Morgan fingerprint density at radius 3 is 2.45 bits per heavy atom. The van der Waals surface area contributed by atoms with Crippen molar-refractivity contribution in [1.82, 2.24) is 9.80 Å². The Balaban J connectivity index is 1.80. The van der Waals surface area contributed by atoms with Crippen LogP contribution in [0.4, 0.5) is 0 Å². The predicted molar refractivity (Wildman–Crippen MR) is 80.9 cm³/mol. The van der Waals surface area contributed by atoms with Gasteiger partial charge in [0.1, 0.15) is 12.0 Å². The van der Waals surface area contributed by atoms with Crippen molar-refractivity contribution in [3.8, 4) is 5.75 Å². The van der Waals surface area contributed by atoms with Crippen LogP contribution >= 0.6 is 0 Å². The number of ether oxygens (including phenoxy) is 1. The molecule has 1 fully saturated rings. The van der Waals surface area contributed by atoms with E-state index in [0.717, 1.165) is 44.0 Å². The lowest BCUT2D eigenvalue weighted by Crippen LogP contribution is -2.25. The lowest BCUT2D eigenvalue weighted by Gasteiger charge is -2.22.